The Hall–Kier alpha value is -6.91. The highest BCUT2D eigenvalue weighted by molar-refractivity contribution is 6.22. The Morgan fingerprint density at radius 1 is 0.453 bits per heavy atom. The van der Waals surface area contributed by atoms with Gasteiger partial charge in [-0.05, 0) is 58.3 Å². The largest absolute Gasteiger partial charge is 0.335 e. The molecule has 3 heterocycles. The van der Waals surface area contributed by atoms with Crippen molar-refractivity contribution in [2.75, 3.05) is 11.9 Å². The van der Waals surface area contributed by atoms with Gasteiger partial charge in [-0.15, -0.1) is 0 Å². The maximum atomic E-state index is 5.69. The van der Waals surface area contributed by atoms with E-state index in [-0.39, 0.29) is 6.29 Å². The molecule has 0 aliphatic carbocycles. The summed E-state index contributed by atoms with van der Waals surface area (Å²) in [7, 11) is 2.18. The molecule has 4 nitrogen and oxygen atoms in total. The van der Waals surface area contributed by atoms with Crippen molar-refractivity contribution in [2.24, 2.45) is 4.99 Å². The zero-order chi connectivity index (χ0) is 35.0. The van der Waals surface area contributed by atoms with Gasteiger partial charge in [-0.1, -0.05) is 146 Å². The first-order chi connectivity index (χ1) is 26.2. The minimum absolute atomic E-state index is 0.330. The lowest BCUT2D eigenvalue weighted by Crippen LogP contribution is -2.33. The number of benzene rings is 8. The minimum Gasteiger partial charge on any atom is -0.335 e. The highest BCUT2D eigenvalue weighted by atomic mass is 15.4. The monoisotopic (exact) mass is 678 g/mol. The molecule has 11 rings (SSSR count). The average molecular weight is 679 g/mol. The summed E-state index contributed by atoms with van der Waals surface area (Å²) in [6, 6.07) is 65.8. The fourth-order valence-corrected chi connectivity index (χ4v) is 8.68. The first-order valence-electron chi connectivity index (χ1n) is 18.2. The van der Waals surface area contributed by atoms with Crippen LogP contribution in [0.4, 0.5) is 5.69 Å². The van der Waals surface area contributed by atoms with Crippen molar-refractivity contribution in [2.45, 2.75) is 6.29 Å². The highest BCUT2D eigenvalue weighted by Gasteiger charge is 2.30. The quantitative estimate of drug-likeness (QED) is 0.182. The summed E-state index contributed by atoms with van der Waals surface area (Å²) >= 11 is 0. The molecule has 0 amide bonds. The summed E-state index contributed by atoms with van der Waals surface area (Å²) in [4.78, 5) is 8.02. The Bertz CT molecular complexity index is 3020. The number of hydrogen-bond donors (Lipinski definition) is 0. The van der Waals surface area contributed by atoms with E-state index < -0.39 is 0 Å². The molecule has 2 aromatic heterocycles. The third-order valence-corrected chi connectivity index (χ3v) is 11.1. The smallest absolute Gasteiger partial charge is 0.203 e. The van der Waals surface area contributed by atoms with Crippen LogP contribution >= 0.6 is 0 Å². The number of anilines is 1. The van der Waals surface area contributed by atoms with Crippen molar-refractivity contribution in [3.8, 4) is 16.8 Å². The molecule has 0 saturated heterocycles. The normalized spacial score (nSPS) is 14.4. The number of hydrogen-bond acceptors (Lipinski definition) is 2. The zero-order valence-corrected chi connectivity index (χ0v) is 29.2. The van der Waals surface area contributed by atoms with Gasteiger partial charge in [0.25, 0.3) is 0 Å². The van der Waals surface area contributed by atoms with Crippen LogP contribution in [-0.4, -0.2) is 21.9 Å². The van der Waals surface area contributed by atoms with Gasteiger partial charge in [-0.2, -0.15) is 0 Å². The Labute approximate surface area is 307 Å². The second-order valence-electron chi connectivity index (χ2n) is 14.0. The number of para-hydroxylation sites is 3. The zero-order valence-electron chi connectivity index (χ0n) is 29.2. The van der Waals surface area contributed by atoms with Crippen molar-refractivity contribution in [3.63, 3.8) is 0 Å². The molecule has 0 spiro atoms. The van der Waals surface area contributed by atoms with Gasteiger partial charge in [0.05, 0.1) is 27.8 Å². The van der Waals surface area contributed by atoms with Gasteiger partial charge < -0.3 is 14.0 Å². The van der Waals surface area contributed by atoms with Crippen LogP contribution in [-0.2, 0) is 0 Å². The van der Waals surface area contributed by atoms with Crippen LogP contribution in [0.1, 0.15) is 17.4 Å². The highest BCUT2D eigenvalue weighted by Crippen LogP contribution is 2.43. The maximum Gasteiger partial charge on any atom is 0.203 e. The Kier molecular flexibility index (Phi) is 6.49. The Morgan fingerprint density at radius 2 is 1.08 bits per heavy atom. The molecule has 4 heteroatoms. The molecule has 0 fully saturated rings. The molecule has 0 saturated carbocycles. The molecule has 1 aliphatic rings. The molecule has 0 N–H and O–H groups in total. The van der Waals surface area contributed by atoms with Crippen molar-refractivity contribution in [1.82, 2.24) is 9.13 Å². The molecule has 10 aromatic rings. The Balaban J connectivity index is 1.18. The first kappa shape index (κ1) is 29.8. The minimum atomic E-state index is -0.330. The number of nitrogens with zero attached hydrogens (tertiary/aromatic N) is 4. The van der Waals surface area contributed by atoms with Crippen molar-refractivity contribution < 1.29 is 0 Å². The molecule has 1 atom stereocenters. The van der Waals surface area contributed by atoms with E-state index in [9.17, 15) is 0 Å². The molecule has 1 unspecified atom stereocenters. The van der Waals surface area contributed by atoms with Crippen molar-refractivity contribution in [1.29, 1.82) is 0 Å². The topological polar surface area (TPSA) is 25.5 Å². The number of aliphatic imine (C=N–C) groups is 1. The number of rotatable bonds is 4. The first-order valence-corrected chi connectivity index (χ1v) is 18.2. The molecule has 8 aromatic carbocycles. The SMILES string of the molecule is CN1c2ccccc2C(c2ccc(-c3ccccc3)cc2)=NC1n1c2cc(-n3c4ccccc4c4ccccc43)ccc2c2c3ccccc3ccc21. The summed E-state index contributed by atoms with van der Waals surface area (Å²) in [6.45, 7) is 0. The van der Waals surface area contributed by atoms with Crippen LogP contribution in [0.2, 0.25) is 0 Å². The molecule has 0 bridgehead atoms. The van der Waals surface area contributed by atoms with Crippen molar-refractivity contribution in [3.05, 3.63) is 193 Å². The third-order valence-electron chi connectivity index (χ3n) is 11.1. The predicted octanol–water partition coefficient (Wildman–Crippen LogP) is 12.2. The fraction of sp³-hybridized carbons (Fsp3) is 0.0408. The predicted molar refractivity (Wildman–Crippen MR) is 223 cm³/mol. The van der Waals surface area contributed by atoms with Crippen LogP contribution in [0.15, 0.2) is 187 Å². The molecule has 53 heavy (non-hydrogen) atoms. The van der Waals surface area contributed by atoms with Gasteiger partial charge in [0, 0.05) is 51.1 Å². The van der Waals surface area contributed by atoms with Gasteiger partial charge in [0.1, 0.15) is 0 Å². The summed E-state index contributed by atoms with van der Waals surface area (Å²) in [5.74, 6) is 0. The fourth-order valence-electron chi connectivity index (χ4n) is 8.68. The Morgan fingerprint density at radius 3 is 1.85 bits per heavy atom. The van der Waals surface area contributed by atoms with E-state index >= 15 is 0 Å². The molecule has 1 aliphatic heterocycles. The average Bonchev–Trinajstić information content (AvgIpc) is 3.74. The molecule has 250 valence electrons. The lowest BCUT2D eigenvalue weighted by Gasteiger charge is -2.35. The van der Waals surface area contributed by atoms with Crippen LogP contribution in [0.25, 0.3) is 71.2 Å². The summed E-state index contributed by atoms with van der Waals surface area (Å²) < 4.78 is 4.87. The van der Waals surface area contributed by atoms with Crippen LogP contribution in [0.5, 0.6) is 0 Å². The van der Waals surface area contributed by atoms with E-state index in [0.717, 1.165) is 39.2 Å². The van der Waals surface area contributed by atoms with Gasteiger partial charge in [-0.25, -0.2) is 4.99 Å². The van der Waals surface area contributed by atoms with E-state index in [4.69, 9.17) is 4.99 Å². The number of aromatic nitrogens is 2. The van der Waals surface area contributed by atoms with E-state index in [1.807, 2.05) is 0 Å². The number of fused-ring (bicyclic) bond motifs is 9. The molecular weight excluding hydrogens is 645 g/mol. The van der Waals surface area contributed by atoms with E-state index in [2.05, 4.69) is 203 Å². The van der Waals surface area contributed by atoms with Crippen LogP contribution < -0.4 is 4.90 Å². The summed E-state index contributed by atoms with van der Waals surface area (Å²) in [5.41, 5.74) is 12.6. The lowest BCUT2D eigenvalue weighted by atomic mass is 9.96. The third kappa shape index (κ3) is 4.45. The standard InChI is InChI=1S/C49H34N4/c1-51-42-20-10-9-19-41(42)48(35-25-23-33(24-26-35)32-13-3-2-4-14-32)50-49(51)53-45-30-27-34-15-5-6-16-37(34)47(45)40-29-28-36(31-46(40)53)52-43-21-11-7-17-38(43)39-18-8-12-22-44(39)52/h2-31,49H,1H3. The second-order valence-corrected chi connectivity index (χ2v) is 14.0. The summed E-state index contributed by atoms with van der Waals surface area (Å²) in [6.07, 6.45) is -0.330. The van der Waals surface area contributed by atoms with Crippen LogP contribution in [0, 0.1) is 0 Å². The molecular formula is C49H34N4. The molecule has 0 radical (unpaired) electrons. The maximum absolute atomic E-state index is 5.69. The van der Waals surface area contributed by atoms with Crippen LogP contribution in [0.3, 0.4) is 0 Å². The second kappa shape index (κ2) is 11.6. The lowest BCUT2D eigenvalue weighted by molar-refractivity contribution is 0.540. The van der Waals surface area contributed by atoms with Gasteiger partial charge in [-0.3, -0.25) is 0 Å². The van der Waals surface area contributed by atoms with E-state index in [1.165, 1.54) is 54.5 Å². The summed E-state index contributed by atoms with van der Waals surface area (Å²) in [5, 5.41) is 7.46. The van der Waals surface area contributed by atoms with E-state index in [0.29, 0.717) is 0 Å². The van der Waals surface area contributed by atoms with E-state index in [1.54, 1.807) is 0 Å². The van der Waals surface area contributed by atoms with Gasteiger partial charge >= 0.3 is 0 Å². The van der Waals surface area contributed by atoms with Gasteiger partial charge in [0.2, 0.25) is 6.29 Å². The van der Waals surface area contributed by atoms with Crippen molar-refractivity contribution >= 4 is 65.8 Å². The van der Waals surface area contributed by atoms with Gasteiger partial charge in [0.15, 0.2) is 0 Å².